The first-order valence-electron chi connectivity index (χ1n) is 29.8. The number of nitrogens with one attached hydrogen (secondary N) is 1. The van der Waals surface area contributed by atoms with Crippen molar-refractivity contribution in [2.75, 3.05) is 44.1 Å². The molecule has 19 heteroatoms. The van der Waals surface area contributed by atoms with Gasteiger partial charge >= 0.3 is 6.16 Å². The summed E-state index contributed by atoms with van der Waals surface area (Å²) in [5.41, 5.74) is 20.6. The van der Waals surface area contributed by atoms with Gasteiger partial charge in [-0.15, -0.1) is 10.2 Å². The molecule has 0 atom stereocenters. The number of nitrogen functional groups attached to an aromatic ring is 1. The molecule has 3 aromatic heterocycles. The Balaban J connectivity index is 0.000000178. The zero-order valence-electron chi connectivity index (χ0n) is 51.2. The molecular weight excluding hydrogens is 1120 g/mol. The minimum Gasteiger partial charge on any atom is -0.465 e. The molecule has 11 aromatic rings. The molecule has 8 aromatic carbocycles. The number of Topliss-reactive ketones (excluding diaryl/α,β-unsaturated/α-hetero) is 2. The van der Waals surface area contributed by atoms with E-state index < -0.39 is 6.16 Å². The van der Waals surface area contributed by atoms with Crippen molar-refractivity contribution in [1.29, 1.82) is 0 Å². The van der Waals surface area contributed by atoms with E-state index in [1.807, 2.05) is 140 Å². The number of ketones is 2. The summed E-state index contributed by atoms with van der Waals surface area (Å²) in [6, 6.07) is 64.8. The first-order chi connectivity index (χ1) is 43.5. The van der Waals surface area contributed by atoms with Crippen molar-refractivity contribution >= 4 is 34.0 Å². The minimum absolute atomic E-state index is 0.00337. The number of tetrazole rings is 2. The smallest absolute Gasteiger partial charge is 0.412 e. The minimum atomic E-state index is -1.30. The van der Waals surface area contributed by atoms with Gasteiger partial charge in [-0.3, -0.25) is 14.2 Å². The zero-order valence-corrected chi connectivity index (χ0v) is 51.2. The number of anilines is 2. The molecule has 3 heterocycles. The van der Waals surface area contributed by atoms with Crippen LogP contribution in [0.3, 0.4) is 0 Å². The monoisotopic (exact) mass is 1190 g/mol. The van der Waals surface area contributed by atoms with Gasteiger partial charge in [-0.1, -0.05) is 170 Å². The molecule has 0 unspecified atom stereocenters. The summed E-state index contributed by atoms with van der Waals surface area (Å²) in [7, 11) is 0. The molecule has 0 aliphatic heterocycles. The molecule has 0 spiro atoms. The summed E-state index contributed by atoms with van der Waals surface area (Å²) >= 11 is 0. The molecule has 0 bridgehead atoms. The highest BCUT2D eigenvalue weighted by Gasteiger charge is 2.34. The molecule has 89 heavy (non-hydrogen) atoms. The number of carbonyl (C=O) groups excluding carboxylic acids is 2. The third-order valence-corrected chi connectivity index (χ3v) is 14.2. The summed E-state index contributed by atoms with van der Waals surface area (Å²) in [6.45, 7) is 17.2. The molecule has 19 nitrogen and oxygen atoms in total. The zero-order chi connectivity index (χ0) is 62.5. The van der Waals surface area contributed by atoms with E-state index in [4.69, 9.17) is 29.4 Å². The van der Waals surface area contributed by atoms with Crippen LogP contribution in [0.1, 0.15) is 91.4 Å². The molecule has 0 fully saturated rings. The van der Waals surface area contributed by atoms with Crippen LogP contribution in [0.5, 0.6) is 6.01 Å². The van der Waals surface area contributed by atoms with Crippen molar-refractivity contribution in [3.8, 4) is 51.0 Å². The number of nitrogens with two attached hydrogens (primary N) is 1. The first kappa shape index (κ1) is 63.5. The van der Waals surface area contributed by atoms with Gasteiger partial charge in [-0.25, -0.2) is 9.36 Å². The Hall–Kier alpha value is -10.1. The third kappa shape index (κ3) is 15.9. The summed E-state index contributed by atoms with van der Waals surface area (Å²) in [6.07, 6.45) is -1.30. The SMILES string of the molecule is CC(=O)c1cccc(N)c1NCc1ccc(-c2ccccc2-c2nnnn2Cc2ccccc2)cc1.CCOC(OCC)(OCC)OCC.CCOc1nc2cccc(C(C)=O)c2n1Cc1ccc(-c2ccccc2-c2nnnn2Cc2ccccc2)cc1. The summed E-state index contributed by atoms with van der Waals surface area (Å²) < 4.78 is 32.6. The van der Waals surface area contributed by atoms with E-state index in [1.54, 1.807) is 32.0 Å². The Kier molecular flexibility index (Phi) is 22.1. The van der Waals surface area contributed by atoms with Crippen LogP contribution in [0, 0.1) is 0 Å². The van der Waals surface area contributed by atoms with Crippen molar-refractivity contribution in [1.82, 2.24) is 50.0 Å². The van der Waals surface area contributed by atoms with Crippen LogP contribution < -0.4 is 15.8 Å². The largest absolute Gasteiger partial charge is 0.465 e. The summed E-state index contributed by atoms with van der Waals surface area (Å²) in [4.78, 5) is 29.0. The van der Waals surface area contributed by atoms with Crippen molar-refractivity contribution in [3.05, 3.63) is 228 Å². The second-order valence-electron chi connectivity index (χ2n) is 20.3. The fraction of sp³-hybridized carbons (Fsp3) is 0.243. The van der Waals surface area contributed by atoms with Crippen molar-refractivity contribution in [2.24, 2.45) is 0 Å². The van der Waals surface area contributed by atoms with Gasteiger partial charge in [0.05, 0.1) is 75.1 Å². The number of imidazole rings is 1. The fourth-order valence-corrected chi connectivity index (χ4v) is 10.2. The molecule has 0 saturated carbocycles. The van der Waals surface area contributed by atoms with E-state index in [0.29, 0.717) is 93.5 Å². The Morgan fingerprint density at radius 1 is 0.472 bits per heavy atom. The second kappa shape index (κ2) is 31.0. The third-order valence-electron chi connectivity index (χ3n) is 14.2. The number of benzene rings is 8. The lowest BCUT2D eigenvalue weighted by Gasteiger charge is -2.30. The molecule has 0 aliphatic rings. The molecule has 0 aliphatic carbocycles. The van der Waals surface area contributed by atoms with Gasteiger partial charge in [0, 0.05) is 28.8 Å². The van der Waals surface area contributed by atoms with Gasteiger partial charge in [0.2, 0.25) is 0 Å². The highest BCUT2D eigenvalue weighted by atomic mass is 17.0. The topological polar surface area (TPSA) is 223 Å². The average Bonchev–Trinajstić information content (AvgIpc) is 1.86. The van der Waals surface area contributed by atoms with Crippen molar-refractivity contribution in [2.45, 2.75) is 80.8 Å². The van der Waals surface area contributed by atoms with E-state index >= 15 is 0 Å². The van der Waals surface area contributed by atoms with E-state index in [-0.39, 0.29) is 11.6 Å². The Morgan fingerprint density at radius 3 is 1.38 bits per heavy atom. The predicted octanol–water partition coefficient (Wildman–Crippen LogP) is 13.3. The van der Waals surface area contributed by atoms with Crippen LogP contribution in [-0.4, -0.2) is 101 Å². The van der Waals surface area contributed by atoms with Crippen LogP contribution >= 0.6 is 0 Å². The lowest BCUT2D eigenvalue weighted by Crippen LogP contribution is -2.42. The number of para-hydroxylation sites is 2. The Labute approximate surface area is 518 Å². The highest BCUT2D eigenvalue weighted by Crippen LogP contribution is 2.34. The average molecular weight is 1200 g/mol. The van der Waals surface area contributed by atoms with E-state index in [9.17, 15) is 9.59 Å². The van der Waals surface area contributed by atoms with Crippen LogP contribution in [0.15, 0.2) is 194 Å². The molecule has 0 radical (unpaired) electrons. The van der Waals surface area contributed by atoms with Crippen molar-refractivity contribution in [3.63, 3.8) is 0 Å². The van der Waals surface area contributed by atoms with Gasteiger partial charge in [-0.05, 0) is 138 Å². The predicted molar refractivity (Wildman–Crippen MR) is 346 cm³/mol. The number of fused-ring (bicyclic) bond motifs is 1. The van der Waals surface area contributed by atoms with Gasteiger partial charge in [0.1, 0.15) is 0 Å². The fourth-order valence-electron chi connectivity index (χ4n) is 10.2. The quantitative estimate of drug-likeness (QED) is 0.0308. The van der Waals surface area contributed by atoms with Gasteiger partial charge in [0.25, 0.3) is 6.01 Å². The van der Waals surface area contributed by atoms with Gasteiger partial charge < -0.3 is 34.7 Å². The van der Waals surface area contributed by atoms with Crippen LogP contribution in [-0.2, 0) is 45.1 Å². The molecule has 3 N–H and O–H groups in total. The van der Waals surface area contributed by atoms with E-state index in [0.717, 1.165) is 72.5 Å². The lowest BCUT2D eigenvalue weighted by molar-refractivity contribution is -0.495. The lowest BCUT2D eigenvalue weighted by atomic mass is 9.98. The number of ether oxygens (including phenoxy) is 5. The summed E-state index contributed by atoms with van der Waals surface area (Å²) in [5, 5.41) is 28.4. The van der Waals surface area contributed by atoms with Crippen LogP contribution in [0.2, 0.25) is 0 Å². The molecule has 11 rings (SSSR count). The van der Waals surface area contributed by atoms with E-state index in [2.05, 4.69) is 126 Å². The number of hydrogen-bond acceptors (Lipinski definition) is 16. The maximum atomic E-state index is 12.4. The number of aromatic nitrogens is 10. The van der Waals surface area contributed by atoms with E-state index in [1.165, 1.54) is 0 Å². The standard InChI is InChI=1S/C32H28N6O2.C29H26N6O.C9H20O4/c1-3-40-32-33-29-15-9-14-26(22(2)39)30(29)37(32)20-24-16-18-25(19-17-24)27-12-7-8-13-28(27)31-34-35-36-38(31)21-23-10-5-4-6-11-23;1-20(36)24-12-7-13-27(30)28(24)31-18-21-14-16-23(17-15-21)25-10-5-6-11-26(25)29-32-33-34-35(29)19-22-8-3-2-4-9-22;1-5-10-9(11-6-2,12-7-3)13-8-4/h4-19H,3,20-21H2,1-2H3;2-17,31H,18-19,30H2,1H3;5-8H2,1-4H3. The molecular formula is C70H74N12O7. The second-order valence-corrected chi connectivity index (χ2v) is 20.3. The van der Waals surface area contributed by atoms with Crippen LogP contribution in [0.25, 0.3) is 56.1 Å². The van der Waals surface area contributed by atoms with Crippen molar-refractivity contribution < 1.29 is 33.3 Å². The summed E-state index contributed by atoms with van der Waals surface area (Å²) in [5.74, 6) is 1.41. The Morgan fingerprint density at radius 2 is 0.910 bits per heavy atom. The number of hydrogen-bond donors (Lipinski definition) is 2. The molecule has 0 amide bonds. The van der Waals surface area contributed by atoms with Crippen LogP contribution in [0.4, 0.5) is 11.4 Å². The first-order valence-corrected chi connectivity index (χ1v) is 29.8. The molecule has 456 valence electrons. The Bertz CT molecular complexity index is 4030. The van der Waals surface area contributed by atoms with Gasteiger partial charge in [0.15, 0.2) is 23.2 Å². The normalized spacial score (nSPS) is 11.1. The maximum absolute atomic E-state index is 12.4. The number of carbonyl (C=O) groups is 2. The number of rotatable bonds is 25. The molecule has 0 saturated heterocycles. The number of nitrogens with zero attached hydrogens (tertiary/aromatic N) is 10. The highest BCUT2D eigenvalue weighted by molar-refractivity contribution is 6.05. The van der Waals surface area contributed by atoms with Gasteiger partial charge in [-0.2, -0.15) is 4.98 Å². The maximum Gasteiger partial charge on any atom is 0.412 e.